The Labute approximate surface area is 381 Å². The molecule has 0 bridgehead atoms. The fourth-order valence-corrected chi connectivity index (χ4v) is 12.7. The van der Waals surface area contributed by atoms with Crippen LogP contribution in [0.1, 0.15) is 22.3 Å². The van der Waals surface area contributed by atoms with E-state index in [0.29, 0.717) is 0 Å². The number of fused-ring (bicyclic) bond motifs is 15. The van der Waals surface area contributed by atoms with Gasteiger partial charge in [0.15, 0.2) is 0 Å². The van der Waals surface area contributed by atoms with Crippen molar-refractivity contribution >= 4 is 70.1 Å². The first-order valence-corrected chi connectivity index (χ1v) is 23.3. The average molecular weight is 842 g/mol. The van der Waals surface area contributed by atoms with Crippen LogP contribution in [0.2, 0.25) is 0 Å². The standard InChI is InChI=1S/C63H39NS/c1-2-16-45-40(14-1)15-11-22-47(45)50-25-13-23-48-46(21-12-24-49(48)50)41-30-32-42(33-31-41)64(43-35-37-62-56(38-43)55-20-6-10-29-61(55)65-62)44-34-36-54-53-19-5-9-28-59(53)63(60(54)39-44)57-26-7-3-17-51(57)52-18-4-8-27-58(52)63/h1-39H. The number of hydrogen-bond acceptors (Lipinski definition) is 2. The van der Waals surface area contributed by atoms with Gasteiger partial charge >= 0.3 is 0 Å². The van der Waals surface area contributed by atoms with Crippen LogP contribution in [0.4, 0.5) is 17.1 Å². The van der Waals surface area contributed by atoms with Crippen molar-refractivity contribution in [3.63, 3.8) is 0 Å². The summed E-state index contributed by atoms with van der Waals surface area (Å²) in [6, 6.07) is 88.4. The third kappa shape index (κ3) is 5.20. The summed E-state index contributed by atoms with van der Waals surface area (Å²) in [6.45, 7) is 0. The first-order chi connectivity index (χ1) is 32.2. The summed E-state index contributed by atoms with van der Waals surface area (Å²) in [5, 5.41) is 7.61. The maximum Gasteiger partial charge on any atom is 0.0726 e. The highest BCUT2D eigenvalue weighted by molar-refractivity contribution is 7.25. The average Bonchev–Trinajstić information content (AvgIpc) is 4.00. The molecule has 1 spiro atoms. The summed E-state index contributed by atoms with van der Waals surface area (Å²) in [5.74, 6) is 0. The van der Waals surface area contributed by atoms with Gasteiger partial charge in [0, 0.05) is 37.2 Å². The van der Waals surface area contributed by atoms with Crippen LogP contribution in [0.3, 0.4) is 0 Å². The van der Waals surface area contributed by atoms with Gasteiger partial charge in [-0.1, -0.05) is 188 Å². The Morgan fingerprint density at radius 3 is 1.46 bits per heavy atom. The van der Waals surface area contributed by atoms with Gasteiger partial charge in [0.2, 0.25) is 0 Å². The van der Waals surface area contributed by atoms with E-state index < -0.39 is 5.41 Å². The zero-order chi connectivity index (χ0) is 42.6. The second-order valence-corrected chi connectivity index (χ2v) is 18.6. The third-order valence-electron chi connectivity index (χ3n) is 14.3. The van der Waals surface area contributed by atoms with Crippen LogP contribution in [0, 0.1) is 0 Å². The summed E-state index contributed by atoms with van der Waals surface area (Å²) < 4.78 is 2.61. The van der Waals surface area contributed by atoms with E-state index in [9.17, 15) is 0 Å². The lowest BCUT2D eigenvalue weighted by Crippen LogP contribution is -2.26. The lowest BCUT2D eigenvalue weighted by Gasteiger charge is -2.32. The van der Waals surface area contributed by atoms with Crippen LogP contribution in [-0.2, 0) is 5.41 Å². The van der Waals surface area contributed by atoms with E-state index in [1.54, 1.807) is 0 Å². The lowest BCUT2D eigenvalue weighted by molar-refractivity contribution is 0.793. The number of rotatable bonds is 5. The van der Waals surface area contributed by atoms with Crippen LogP contribution in [-0.4, -0.2) is 0 Å². The molecule has 2 heteroatoms. The van der Waals surface area contributed by atoms with E-state index in [-0.39, 0.29) is 0 Å². The molecule has 302 valence electrons. The number of nitrogens with zero attached hydrogens (tertiary/aromatic N) is 1. The Balaban J connectivity index is 0.957. The summed E-state index contributed by atoms with van der Waals surface area (Å²) in [5.41, 5.74) is 18.5. The highest BCUT2D eigenvalue weighted by atomic mass is 32.1. The molecular formula is C63H39NS. The van der Waals surface area contributed by atoms with Crippen molar-refractivity contribution in [1.29, 1.82) is 0 Å². The molecule has 12 aromatic rings. The third-order valence-corrected chi connectivity index (χ3v) is 15.4. The van der Waals surface area contributed by atoms with Crippen molar-refractivity contribution in [2.75, 3.05) is 4.90 Å². The number of anilines is 3. The van der Waals surface area contributed by atoms with Crippen molar-refractivity contribution in [2.24, 2.45) is 0 Å². The smallest absolute Gasteiger partial charge is 0.0726 e. The molecular weight excluding hydrogens is 803 g/mol. The van der Waals surface area contributed by atoms with Gasteiger partial charge in [0.05, 0.1) is 5.41 Å². The SMILES string of the molecule is c1ccc2c(c1)-c1ccccc1C21c2ccccc2-c2ccc(N(c3ccc(-c4cccc5c(-c6cccc7ccccc67)cccc45)cc3)c3ccc4sc5ccccc5c4c3)cc21. The number of thiophene rings is 1. The molecule has 0 atom stereocenters. The molecule has 2 aliphatic carbocycles. The highest BCUT2D eigenvalue weighted by Gasteiger charge is 2.51. The zero-order valence-corrected chi connectivity index (χ0v) is 36.2. The molecule has 0 saturated carbocycles. The van der Waals surface area contributed by atoms with Crippen molar-refractivity contribution in [3.05, 3.63) is 259 Å². The monoisotopic (exact) mass is 841 g/mol. The molecule has 65 heavy (non-hydrogen) atoms. The fourth-order valence-electron chi connectivity index (χ4n) is 11.6. The second kappa shape index (κ2) is 14.0. The predicted molar refractivity (Wildman–Crippen MR) is 276 cm³/mol. The van der Waals surface area contributed by atoms with Gasteiger partial charge < -0.3 is 4.90 Å². The Bertz CT molecular complexity index is 3840. The number of benzene rings is 11. The quantitative estimate of drug-likeness (QED) is 0.167. The van der Waals surface area contributed by atoms with E-state index >= 15 is 0 Å². The van der Waals surface area contributed by atoms with Crippen LogP contribution in [0.15, 0.2) is 237 Å². The minimum atomic E-state index is -0.433. The molecule has 0 unspecified atom stereocenters. The zero-order valence-electron chi connectivity index (χ0n) is 35.4. The Morgan fingerprint density at radius 2 is 0.738 bits per heavy atom. The maximum absolute atomic E-state index is 2.50. The van der Waals surface area contributed by atoms with Crippen LogP contribution >= 0.6 is 11.3 Å². The molecule has 0 radical (unpaired) electrons. The Morgan fingerprint density at radius 1 is 0.277 bits per heavy atom. The van der Waals surface area contributed by atoms with Crippen LogP contribution in [0.5, 0.6) is 0 Å². The van der Waals surface area contributed by atoms with E-state index in [1.807, 2.05) is 11.3 Å². The first-order valence-electron chi connectivity index (χ1n) is 22.5. The first kappa shape index (κ1) is 36.4. The van der Waals surface area contributed by atoms with Crippen molar-refractivity contribution in [3.8, 4) is 44.5 Å². The molecule has 14 rings (SSSR count). The largest absolute Gasteiger partial charge is 0.310 e. The summed E-state index contributed by atoms with van der Waals surface area (Å²) in [4.78, 5) is 2.47. The molecule has 11 aromatic carbocycles. The van der Waals surface area contributed by atoms with E-state index in [0.717, 1.165) is 17.1 Å². The van der Waals surface area contributed by atoms with Gasteiger partial charge in [0.25, 0.3) is 0 Å². The Hall–Kier alpha value is -8.04. The van der Waals surface area contributed by atoms with Gasteiger partial charge in [-0.25, -0.2) is 0 Å². The topological polar surface area (TPSA) is 3.24 Å². The van der Waals surface area contributed by atoms with Gasteiger partial charge in [-0.05, 0) is 137 Å². The predicted octanol–water partition coefficient (Wildman–Crippen LogP) is 17.5. The molecule has 1 aromatic heterocycles. The molecule has 0 fully saturated rings. The van der Waals surface area contributed by atoms with Crippen LogP contribution < -0.4 is 4.90 Å². The van der Waals surface area contributed by atoms with Gasteiger partial charge in [-0.2, -0.15) is 0 Å². The summed E-state index contributed by atoms with van der Waals surface area (Å²) in [7, 11) is 0. The van der Waals surface area contributed by atoms with E-state index in [2.05, 4.69) is 241 Å². The number of hydrogen-bond donors (Lipinski definition) is 0. The normalized spacial score (nSPS) is 13.0. The van der Waals surface area contributed by atoms with Crippen LogP contribution in [0.25, 0.3) is 86.2 Å². The minimum Gasteiger partial charge on any atom is -0.310 e. The molecule has 2 aliphatic rings. The van der Waals surface area contributed by atoms with Gasteiger partial charge in [-0.15, -0.1) is 11.3 Å². The Kier molecular flexibility index (Phi) is 7.84. The molecule has 0 saturated heterocycles. The molecule has 1 heterocycles. The summed E-state index contributed by atoms with van der Waals surface area (Å²) in [6.07, 6.45) is 0. The maximum atomic E-state index is 2.50. The highest BCUT2D eigenvalue weighted by Crippen LogP contribution is 2.63. The summed E-state index contributed by atoms with van der Waals surface area (Å²) >= 11 is 1.86. The molecule has 0 N–H and O–H groups in total. The fraction of sp³-hybridized carbons (Fsp3) is 0.0159. The van der Waals surface area contributed by atoms with E-state index in [1.165, 1.54) is 108 Å². The van der Waals surface area contributed by atoms with Crippen molar-refractivity contribution in [2.45, 2.75) is 5.41 Å². The van der Waals surface area contributed by atoms with E-state index in [4.69, 9.17) is 0 Å². The minimum absolute atomic E-state index is 0.433. The van der Waals surface area contributed by atoms with Crippen molar-refractivity contribution in [1.82, 2.24) is 0 Å². The van der Waals surface area contributed by atoms with Crippen molar-refractivity contribution < 1.29 is 0 Å². The molecule has 1 nitrogen and oxygen atoms in total. The molecule has 0 aliphatic heterocycles. The lowest BCUT2D eigenvalue weighted by atomic mass is 9.70. The van der Waals surface area contributed by atoms with Gasteiger partial charge in [-0.3, -0.25) is 0 Å². The molecule has 0 amide bonds. The second-order valence-electron chi connectivity index (χ2n) is 17.5. The van der Waals surface area contributed by atoms with Gasteiger partial charge in [0.1, 0.15) is 0 Å².